The summed E-state index contributed by atoms with van der Waals surface area (Å²) in [4.78, 5) is 0. The molecule has 3 aliphatic rings. The maximum absolute atomic E-state index is 7.72. The molecule has 0 atom stereocenters. The zero-order valence-electron chi connectivity index (χ0n) is 18.5. The van der Waals surface area contributed by atoms with E-state index in [4.69, 9.17) is 19.4 Å². The molecule has 0 spiro atoms. The third kappa shape index (κ3) is 5.36. The van der Waals surface area contributed by atoms with Crippen molar-refractivity contribution in [1.82, 2.24) is 0 Å². The molecular weight excluding hydrogens is 491 g/mol. The van der Waals surface area contributed by atoms with Gasteiger partial charge in [0.15, 0.2) is 0 Å². The number of allylic oxidation sites excluding steroid dienone is 1. The van der Waals surface area contributed by atoms with E-state index in [1.54, 1.807) is 0 Å². The molecule has 3 rings (SSSR count). The second-order valence-electron chi connectivity index (χ2n) is 10.8. The number of hydrogen-bond acceptors (Lipinski definition) is 0. The molecule has 0 unspecified atom stereocenters. The van der Waals surface area contributed by atoms with E-state index in [9.17, 15) is 0 Å². The molecule has 0 saturated heterocycles. The van der Waals surface area contributed by atoms with Crippen molar-refractivity contribution >= 4 is 29.2 Å². The van der Waals surface area contributed by atoms with Crippen molar-refractivity contribution in [2.24, 2.45) is 5.41 Å². The van der Waals surface area contributed by atoms with Crippen molar-refractivity contribution in [3.8, 4) is 0 Å². The Morgan fingerprint density at radius 2 is 1.00 bits per heavy atom. The fraction of sp³-hybridized carbons (Fsp3) is 0.917. The monoisotopic (exact) mass is 535 g/mol. The molecule has 0 heterocycles. The van der Waals surface area contributed by atoms with Gasteiger partial charge < -0.3 is 0 Å². The van der Waals surface area contributed by atoms with E-state index in [0.29, 0.717) is 0 Å². The molecule has 0 nitrogen and oxygen atoms in total. The molecule has 0 aliphatic heterocycles. The van der Waals surface area contributed by atoms with Crippen LogP contribution < -0.4 is 0 Å². The molecule has 28 heavy (non-hydrogen) atoms. The Bertz CT molecular complexity index is 533. The zero-order valence-corrected chi connectivity index (χ0v) is 22.8. The molecule has 3 aliphatic carbocycles. The van der Waals surface area contributed by atoms with Crippen molar-refractivity contribution in [2.75, 3.05) is 0 Å². The van der Waals surface area contributed by atoms with Crippen LogP contribution in [0, 0.1) is 5.41 Å². The third-order valence-corrected chi connectivity index (χ3v) is 36.5. The van der Waals surface area contributed by atoms with Crippen LogP contribution in [0.15, 0.2) is 6.08 Å². The van der Waals surface area contributed by atoms with Crippen molar-refractivity contribution in [3.05, 3.63) is 6.08 Å². The van der Waals surface area contributed by atoms with E-state index in [0.717, 1.165) is 17.0 Å². The zero-order chi connectivity index (χ0) is 20.3. The average Bonchev–Trinajstić information content (AvgIpc) is 2.69. The van der Waals surface area contributed by atoms with E-state index in [2.05, 4.69) is 31.1 Å². The van der Waals surface area contributed by atoms with Gasteiger partial charge >= 0.3 is 187 Å². The molecule has 3 fully saturated rings. The first-order valence-electron chi connectivity index (χ1n) is 12.0. The van der Waals surface area contributed by atoms with Crippen molar-refractivity contribution in [2.45, 2.75) is 134 Å². The molecule has 167 valence electrons. The van der Waals surface area contributed by atoms with Crippen LogP contribution in [0.3, 0.4) is 0 Å². The van der Waals surface area contributed by atoms with E-state index < -0.39 is 17.5 Å². The predicted octanol–water partition coefficient (Wildman–Crippen LogP) is 9.11. The molecule has 3 saturated carbocycles. The molecule has 0 N–H and O–H groups in total. The average molecular weight is 536 g/mol. The van der Waals surface area contributed by atoms with Gasteiger partial charge in [-0.25, -0.2) is 0 Å². The van der Waals surface area contributed by atoms with Gasteiger partial charge in [-0.2, -0.15) is 0 Å². The normalized spacial score (nSPS) is 25.9. The first-order valence-corrected chi connectivity index (χ1v) is 22.1. The standard InChI is InChI=1S/C18H33P.C6H10.2ClH.Ru/c1-4-10-16(11-5-1)19(17-12-6-2-7-13-17)18-14-8-3-9-15-18;1-5-6(2,3)4;;;/h16-18H,1-15H2;5H,2-4H3;2*1H;/q;;;;+1/p-1. The van der Waals surface area contributed by atoms with E-state index >= 15 is 0 Å². The van der Waals surface area contributed by atoms with Crippen molar-refractivity contribution < 1.29 is 11.9 Å². The summed E-state index contributed by atoms with van der Waals surface area (Å²) in [5, 5.41) is 0. The van der Waals surface area contributed by atoms with Gasteiger partial charge in [-0.3, -0.25) is 0 Å². The second-order valence-corrected chi connectivity index (χ2v) is 33.2. The van der Waals surface area contributed by atoms with Gasteiger partial charge in [-0.05, 0) is 0 Å². The van der Waals surface area contributed by atoms with Gasteiger partial charge in [-0.1, -0.05) is 0 Å². The van der Waals surface area contributed by atoms with Crippen LogP contribution in [0.2, 0.25) is 0 Å². The Morgan fingerprint density at radius 3 is 1.29 bits per heavy atom. The SMILES string of the molecule is CC(C)(C)C=[C]=[Ru]([Cl])([Cl])[PH](C1CCCCC1)(C1CCCCC1)C1CCCCC1. The summed E-state index contributed by atoms with van der Waals surface area (Å²) in [5.41, 5.74) is 0.917. The minimum absolute atomic E-state index is 0.127. The van der Waals surface area contributed by atoms with Crippen LogP contribution in [0.5, 0.6) is 0 Å². The van der Waals surface area contributed by atoms with Crippen LogP contribution >= 0.6 is 25.0 Å². The summed E-state index contributed by atoms with van der Waals surface area (Å²) in [6, 6.07) is 0. The van der Waals surface area contributed by atoms with Crippen LogP contribution in [-0.2, 0) is 11.9 Å². The molecule has 0 aromatic heterocycles. The Hall–Kier alpha value is 1.28. The van der Waals surface area contributed by atoms with Crippen molar-refractivity contribution in [1.29, 1.82) is 0 Å². The van der Waals surface area contributed by atoms with Gasteiger partial charge in [0.25, 0.3) is 0 Å². The topological polar surface area (TPSA) is 0 Å². The van der Waals surface area contributed by atoms with Gasteiger partial charge in [0.1, 0.15) is 0 Å². The van der Waals surface area contributed by atoms with E-state index in [-0.39, 0.29) is 5.41 Å². The summed E-state index contributed by atoms with van der Waals surface area (Å²) >= 11 is -2.99. The number of halogens is 2. The van der Waals surface area contributed by atoms with Crippen LogP contribution in [-0.4, -0.2) is 21.2 Å². The Kier molecular flexibility index (Phi) is 8.78. The van der Waals surface area contributed by atoms with Crippen LogP contribution in [0.4, 0.5) is 0 Å². The molecule has 0 amide bonds. The van der Waals surface area contributed by atoms with Crippen LogP contribution in [0.1, 0.15) is 117 Å². The second kappa shape index (κ2) is 10.3. The Balaban J connectivity index is 2.17. The summed E-state index contributed by atoms with van der Waals surface area (Å²) in [5.74, 6) is 0. The molecule has 0 radical (unpaired) electrons. The Labute approximate surface area is 185 Å². The minimum atomic E-state index is -2.99. The molecule has 0 bridgehead atoms. The van der Waals surface area contributed by atoms with Crippen molar-refractivity contribution in [3.63, 3.8) is 0 Å². The fourth-order valence-electron chi connectivity index (χ4n) is 6.46. The molecule has 0 aromatic rings. The summed E-state index contributed by atoms with van der Waals surface area (Å²) in [6.07, 6.45) is 23.7. The van der Waals surface area contributed by atoms with Crippen LogP contribution in [0.25, 0.3) is 0 Å². The number of hydrogen-bond donors (Lipinski definition) is 0. The maximum atomic E-state index is 7.72. The van der Waals surface area contributed by atoms with Gasteiger partial charge in [0, 0.05) is 0 Å². The molecule has 0 aromatic carbocycles. The fourth-order valence-corrected chi connectivity index (χ4v) is 40.8. The quantitative estimate of drug-likeness (QED) is 0.249. The predicted molar refractivity (Wildman–Crippen MR) is 130 cm³/mol. The number of rotatable bonds is 4. The third-order valence-electron chi connectivity index (χ3n) is 7.66. The Morgan fingerprint density at radius 1 is 0.679 bits per heavy atom. The first-order chi connectivity index (χ1) is 13.3. The van der Waals surface area contributed by atoms with Gasteiger partial charge in [0.05, 0.1) is 0 Å². The first kappa shape index (κ1) is 23.9. The van der Waals surface area contributed by atoms with E-state index in [1.165, 1.54) is 96.3 Å². The molecular formula is C24H44Cl2PRu. The summed E-state index contributed by atoms with van der Waals surface area (Å²) < 4.78 is 3.87. The van der Waals surface area contributed by atoms with E-state index in [1.807, 2.05) is 0 Å². The van der Waals surface area contributed by atoms with Gasteiger partial charge in [-0.15, -0.1) is 0 Å². The van der Waals surface area contributed by atoms with Gasteiger partial charge in [0.2, 0.25) is 0 Å². The molecule has 4 heteroatoms. The summed E-state index contributed by atoms with van der Waals surface area (Å²) in [6.45, 7) is 6.82. The summed E-state index contributed by atoms with van der Waals surface area (Å²) in [7, 11) is 15.4.